The molecule has 0 N–H and O–H groups in total. The highest BCUT2D eigenvalue weighted by Crippen LogP contribution is 2.08. The van der Waals surface area contributed by atoms with Gasteiger partial charge in [-0.3, -0.25) is 0 Å². The third-order valence-corrected chi connectivity index (χ3v) is 3.22. The lowest BCUT2D eigenvalue weighted by Crippen LogP contribution is -2.30. The third kappa shape index (κ3) is 10.2. The van der Waals surface area contributed by atoms with Crippen molar-refractivity contribution < 1.29 is 0 Å². The summed E-state index contributed by atoms with van der Waals surface area (Å²) in [7, 11) is 0. The lowest BCUT2D eigenvalue weighted by Gasteiger charge is -2.07. The van der Waals surface area contributed by atoms with Crippen LogP contribution in [0.15, 0.2) is 0 Å². The van der Waals surface area contributed by atoms with Gasteiger partial charge in [0.05, 0.1) is 0 Å². The van der Waals surface area contributed by atoms with Gasteiger partial charge in [-0.05, 0) is 20.3 Å². The Morgan fingerprint density at radius 3 is 1.53 bits per heavy atom. The molecule has 15 heavy (non-hydrogen) atoms. The van der Waals surface area contributed by atoms with E-state index in [4.69, 9.17) is 0 Å². The normalized spacial score (nSPS) is 11.2. The highest BCUT2D eigenvalue weighted by molar-refractivity contribution is 4.58. The Labute approximate surface area is 97.2 Å². The highest BCUT2D eigenvalue weighted by Gasteiger charge is 2.06. The van der Waals surface area contributed by atoms with Crippen molar-refractivity contribution in [1.82, 2.24) is 4.90 Å². The minimum absolute atomic E-state index is 1.22. The molecule has 0 aliphatic heterocycles. The van der Waals surface area contributed by atoms with Crippen molar-refractivity contribution in [3.05, 3.63) is 0 Å². The second-order valence-electron chi connectivity index (χ2n) is 4.50. The minimum Gasteiger partial charge on any atom is -0.171 e. The van der Waals surface area contributed by atoms with Crippen molar-refractivity contribution in [2.24, 2.45) is 0 Å². The molecule has 0 aliphatic rings. The summed E-state index contributed by atoms with van der Waals surface area (Å²) in [4.78, 5) is 2.52. The van der Waals surface area contributed by atoms with Crippen LogP contribution in [0.4, 0.5) is 0 Å². The molecule has 0 amide bonds. The molecule has 0 saturated heterocycles. The Morgan fingerprint density at radius 2 is 1.07 bits per heavy atom. The van der Waals surface area contributed by atoms with E-state index in [9.17, 15) is 0 Å². The fourth-order valence-corrected chi connectivity index (χ4v) is 2.01. The summed E-state index contributed by atoms with van der Waals surface area (Å²) in [6.07, 6.45) is 11.4. The smallest absolute Gasteiger partial charge is 0.122 e. The largest absolute Gasteiger partial charge is 0.171 e. The minimum atomic E-state index is 1.22. The molecule has 1 nitrogen and oxygen atoms in total. The molecule has 0 fully saturated rings. The van der Waals surface area contributed by atoms with Crippen LogP contribution in [0.25, 0.3) is 0 Å². The Bertz CT molecular complexity index is 108. The lowest BCUT2D eigenvalue weighted by atomic mass is 10.1. The van der Waals surface area contributed by atoms with Gasteiger partial charge in [0.15, 0.2) is 0 Å². The zero-order valence-corrected chi connectivity index (χ0v) is 11.2. The van der Waals surface area contributed by atoms with Crippen LogP contribution in [-0.2, 0) is 0 Å². The van der Waals surface area contributed by atoms with Crippen LogP contribution in [-0.4, -0.2) is 19.6 Å². The maximum atomic E-state index is 2.52. The second kappa shape index (κ2) is 12.0. The summed E-state index contributed by atoms with van der Waals surface area (Å²) in [5.41, 5.74) is 0. The van der Waals surface area contributed by atoms with E-state index in [2.05, 4.69) is 25.7 Å². The van der Waals surface area contributed by atoms with Crippen LogP contribution in [0, 0.1) is 0 Å². The first-order valence-corrected chi connectivity index (χ1v) is 7.07. The van der Waals surface area contributed by atoms with Crippen molar-refractivity contribution in [2.45, 2.75) is 72.1 Å². The summed E-state index contributed by atoms with van der Waals surface area (Å²) < 4.78 is 0. The molecule has 91 valence electrons. The Hall–Kier alpha value is -0.0400. The summed E-state index contributed by atoms with van der Waals surface area (Å²) in [6, 6.07) is 0. The van der Waals surface area contributed by atoms with Gasteiger partial charge in [-0.25, -0.2) is 0 Å². The molecule has 0 aromatic heterocycles. The topological polar surface area (TPSA) is 5.90 Å². The summed E-state index contributed by atoms with van der Waals surface area (Å²) in [5, 5.41) is 0. The van der Waals surface area contributed by atoms with Gasteiger partial charge in [0.1, 0.15) is 19.6 Å². The van der Waals surface area contributed by atoms with Gasteiger partial charge in [-0.15, -0.1) is 0 Å². The van der Waals surface area contributed by atoms with Crippen molar-refractivity contribution >= 4 is 0 Å². The maximum Gasteiger partial charge on any atom is 0.122 e. The molecule has 1 heteroatoms. The molecule has 0 saturated carbocycles. The van der Waals surface area contributed by atoms with Gasteiger partial charge in [-0.2, -0.15) is 4.90 Å². The van der Waals surface area contributed by atoms with E-state index in [1.807, 2.05) is 0 Å². The Kier molecular flexibility index (Phi) is 12.0. The fourth-order valence-electron chi connectivity index (χ4n) is 2.01. The molecule has 1 radical (unpaired) electrons. The monoisotopic (exact) mass is 213 g/mol. The molecule has 0 unspecified atom stereocenters. The molecule has 0 atom stereocenters. The first kappa shape index (κ1) is 15.0. The average Bonchev–Trinajstić information content (AvgIpc) is 2.27. The van der Waals surface area contributed by atoms with Crippen molar-refractivity contribution in [3.8, 4) is 0 Å². The van der Waals surface area contributed by atoms with Crippen LogP contribution in [0.1, 0.15) is 72.1 Å². The summed E-state index contributed by atoms with van der Waals surface area (Å²) >= 11 is 0. The molecular formula is C14H31N+. The van der Waals surface area contributed by atoms with E-state index < -0.39 is 0 Å². The lowest BCUT2D eigenvalue weighted by molar-refractivity contribution is 0.422. The zero-order chi connectivity index (χ0) is 11.4. The predicted molar refractivity (Wildman–Crippen MR) is 70.7 cm³/mol. The molecule has 0 aromatic carbocycles. The zero-order valence-electron chi connectivity index (χ0n) is 11.2. The number of hydrogen-bond acceptors (Lipinski definition) is 1. The fraction of sp³-hybridized carbons (Fsp3) is 1.00. The van der Waals surface area contributed by atoms with E-state index in [0.717, 1.165) is 0 Å². The molecule has 0 aliphatic carbocycles. The first-order valence-electron chi connectivity index (χ1n) is 7.07. The van der Waals surface area contributed by atoms with Crippen molar-refractivity contribution in [3.63, 3.8) is 0 Å². The van der Waals surface area contributed by atoms with Gasteiger partial charge in [0.2, 0.25) is 0 Å². The molecule has 0 bridgehead atoms. The standard InChI is InChI=1S/C14H31N/c1-4-7-8-9-10-11-12-13-14-15(5-2)6-3/h4-14H2,1-3H3/q+1. The maximum absolute atomic E-state index is 2.52. The third-order valence-electron chi connectivity index (χ3n) is 3.22. The van der Waals surface area contributed by atoms with Crippen LogP contribution < -0.4 is 4.90 Å². The molecular weight excluding hydrogens is 182 g/mol. The van der Waals surface area contributed by atoms with Gasteiger partial charge < -0.3 is 0 Å². The predicted octanol–water partition coefficient (Wildman–Crippen LogP) is 4.31. The number of hydrogen-bond donors (Lipinski definition) is 0. The van der Waals surface area contributed by atoms with E-state index in [1.54, 1.807) is 0 Å². The van der Waals surface area contributed by atoms with Crippen LogP contribution in [0.5, 0.6) is 0 Å². The van der Waals surface area contributed by atoms with Gasteiger partial charge in [0, 0.05) is 6.42 Å². The number of unbranched alkanes of at least 4 members (excludes halogenated alkanes) is 7. The van der Waals surface area contributed by atoms with E-state index in [1.165, 1.54) is 71.0 Å². The molecule has 0 rings (SSSR count). The average molecular weight is 213 g/mol. The highest BCUT2D eigenvalue weighted by atomic mass is 15.1. The molecule has 0 aromatic rings. The SMILES string of the molecule is CCCCCCCCCC[N+](CC)CC. The quantitative estimate of drug-likeness (QED) is 0.356. The van der Waals surface area contributed by atoms with E-state index in [0.29, 0.717) is 0 Å². The molecule has 0 heterocycles. The van der Waals surface area contributed by atoms with Crippen molar-refractivity contribution in [1.29, 1.82) is 0 Å². The second-order valence-corrected chi connectivity index (χ2v) is 4.50. The van der Waals surface area contributed by atoms with E-state index in [-0.39, 0.29) is 0 Å². The van der Waals surface area contributed by atoms with Gasteiger partial charge in [-0.1, -0.05) is 45.4 Å². The number of rotatable bonds is 11. The van der Waals surface area contributed by atoms with Gasteiger partial charge in [0.25, 0.3) is 0 Å². The van der Waals surface area contributed by atoms with Crippen molar-refractivity contribution in [2.75, 3.05) is 19.6 Å². The molecule has 0 spiro atoms. The van der Waals surface area contributed by atoms with Crippen LogP contribution >= 0.6 is 0 Å². The van der Waals surface area contributed by atoms with E-state index >= 15 is 0 Å². The first-order chi connectivity index (χ1) is 7.35. The summed E-state index contributed by atoms with van der Waals surface area (Å²) in [5.74, 6) is 0. The van der Waals surface area contributed by atoms with Gasteiger partial charge >= 0.3 is 0 Å². The summed E-state index contributed by atoms with van der Waals surface area (Å²) in [6.45, 7) is 10.5. The van der Waals surface area contributed by atoms with Crippen LogP contribution in [0.3, 0.4) is 0 Å². The van der Waals surface area contributed by atoms with Crippen LogP contribution in [0.2, 0.25) is 0 Å². The number of nitrogens with zero attached hydrogens (tertiary/aromatic N) is 1. The Morgan fingerprint density at radius 1 is 0.600 bits per heavy atom. The Balaban J connectivity index is 3.04.